The van der Waals surface area contributed by atoms with Gasteiger partial charge in [-0.25, -0.2) is 0 Å². The zero-order valence-electron chi connectivity index (χ0n) is 11.2. The third-order valence-electron chi connectivity index (χ3n) is 3.92. The molecule has 0 radical (unpaired) electrons. The fourth-order valence-corrected chi connectivity index (χ4v) is 4.82. The van der Waals surface area contributed by atoms with Gasteiger partial charge in [0.05, 0.1) is 10.5 Å². The zero-order chi connectivity index (χ0) is 14.4. The molecule has 1 aliphatic heterocycles. The standard InChI is InChI=1S/C17H13Cl2NS/c18-12-8-15(19)14-5-6-20(16(14)9-12)10-13-7-11-3-1-2-4-17(11)21-13/h1-6,8-9,13H,7,10H2. The quantitative estimate of drug-likeness (QED) is 0.585. The Bertz CT molecular complexity index is 800. The van der Waals surface area contributed by atoms with Gasteiger partial charge in [-0.05, 0) is 36.2 Å². The molecule has 1 aromatic heterocycles. The van der Waals surface area contributed by atoms with Crippen LogP contribution in [-0.2, 0) is 13.0 Å². The van der Waals surface area contributed by atoms with Gasteiger partial charge in [0, 0.05) is 33.3 Å². The molecular weight excluding hydrogens is 321 g/mol. The highest BCUT2D eigenvalue weighted by molar-refractivity contribution is 8.00. The number of rotatable bonds is 2. The molecule has 4 rings (SSSR count). The van der Waals surface area contributed by atoms with Crippen LogP contribution < -0.4 is 0 Å². The van der Waals surface area contributed by atoms with E-state index in [2.05, 4.69) is 41.1 Å². The van der Waals surface area contributed by atoms with Crippen molar-refractivity contribution in [2.24, 2.45) is 0 Å². The Morgan fingerprint density at radius 2 is 2.00 bits per heavy atom. The minimum Gasteiger partial charge on any atom is -0.346 e. The lowest BCUT2D eigenvalue weighted by molar-refractivity contribution is 0.685. The molecule has 106 valence electrons. The van der Waals surface area contributed by atoms with Gasteiger partial charge in [-0.2, -0.15) is 0 Å². The molecule has 0 spiro atoms. The Hall–Kier alpha value is -1.09. The minimum atomic E-state index is 0.566. The summed E-state index contributed by atoms with van der Waals surface area (Å²) in [4.78, 5) is 1.41. The first-order valence-corrected chi connectivity index (χ1v) is 8.53. The van der Waals surface area contributed by atoms with E-state index in [1.54, 1.807) is 6.07 Å². The molecule has 0 fully saturated rings. The molecule has 0 bridgehead atoms. The Morgan fingerprint density at radius 3 is 2.86 bits per heavy atom. The van der Waals surface area contributed by atoms with Crippen molar-refractivity contribution in [1.29, 1.82) is 0 Å². The molecule has 2 aromatic carbocycles. The predicted molar refractivity (Wildman–Crippen MR) is 91.7 cm³/mol. The van der Waals surface area contributed by atoms with Crippen LogP contribution in [0.4, 0.5) is 0 Å². The van der Waals surface area contributed by atoms with Crippen LogP contribution in [0.25, 0.3) is 10.9 Å². The summed E-state index contributed by atoms with van der Waals surface area (Å²) in [5.74, 6) is 0. The fraction of sp³-hybridized carbons (Fsp3) is 0.176. The van der Waals surface area contributed by atoms with Crippen molar-refractivity contribution >= 4 is 45.9 Å². The number of fused-ring (bicyclic) bond motifs is 2. The molecular formula is C17H13Cl2NS. The number of hydrogen-bond acceptors (Lipinski definition) is 1. The van der Waals surface area contributed by atoms with Crippen molar-refractivity contribution in [2.45, 2.75) is 23.1 Å². The van der Waals surface area contributed by atoms with E-state index in [0.717, 1.165) is 28.9 Å². The normalized spacial score (nSPS) is 17.3. The SMILES string of the molecule is Clc1cc(Cl)c2ccn(CC3Cc4ccccc4S3)c2c1. The van der Waals surface area contributed by atoms with Gasteiger partial charge in [-0.3, -0.25) is 0 Å². The highest BCUT2D eigenvalue weighted by Crippen LogP contribution is 2.38. The lowest BCUT2D eigenvalue weighted by Crippen LogP contribution is -2.11. The van der Waals surface area contributed by atoms with Crippen LogP contribution in [0, 0.1) is 0 Å². The van der Waals surface area contributed by atoms with Crippen molar-refractivity contribution in [3.05, 3.63) is 64.3 Å². The van der Waals surface area contributed by atoms with E-state index in [0.29, 0.717) is 10.3 Å². The van der Waals surface area contributed by atoms with Crippen molar-refractivity contribution in [1.82, 2.24) is 4.57 Å². The topological polar surface area (TPSA) is 4.93 Å². The molecule has 3 aromatic rings. The highest BCUT2D eigenvalue weighted by atomic mass is 35.5. The van der Waals surface area contributed by atoms with Gasteiger partial charge in [0.1, 0.15) is 0 Å². The first kappa shape index (κ1) is 13.6. The van der Waals surface area contributed by atoms with Crippen molar-refractivity contribution in [2.75, 3.05) is 0 Å². The fourth-order valence-electron chi connectivity index (χ4n) is 2.95. The average Bonchev–Trinajstić information content (AvgIpc) is 3.03. The highest BCUT2D eigenvalue weighted by Gasteiger charge is 2.22. The van der Waals surface area contributed by atoms with Crippen LogP contribution in [0.3, 0.4) is 0 Å². The molecule has 0 saturated heterocycles. The van der Waals surface area contributed by atoms with Gasteiger partial charge in [0.2, 0.25) is 0 Å². The van der Waals surface area contributed by atoms with Crippen LogP contribution in [-0.4, -0.2) is 9.82 Å². The smallest absolute Gasteiger partial charge is 0.0514 e. The largest absolute Gasteiger partial charge is 0.346 e. The summed E-state index contributed by atoms with van der Waals surface area (Å²) in [6.45, 7) is 0.972. The maximum atomic E-state index is 6.26. The summed E-state index contributed by atoms with van der Waals surface area (Å²) in [7, 11) is 0. The number of halogens is 2. The Balaban J connectivity index is 1.64. The Morgan fingerprint density at radius 1 is 1.14 bits per heavy atom. The summed E-state index contributed by atoms with van der Waals surface area (Å²) >= 11 is 14.4. The maximum absolute atomic E-state index is 6.26. The van der Waals surface area contributed by atoms with Gasteiger partial charge in [-0.1, -0.05) is 41.4 Å². The van der Waals surface area contributed by atoms with Crippen LogP contribution >= 0.6 is 35.0 Å². The summed E-state index contributed by atoms with van der Waals surface area (Å²) < 4.78 is 2.26. The number of benzene rings is 2. The second-order valence-electron chi connectivity index (χ2n) is 5.34. The van der Waals surface area contributed by atoms with Crippen molar-refractivity contribution < 1.29 is 0 Å². The van der Waals surface area contributed by atoms with E-state index in [1.165, 1.54) is 10.5 Å². The summed E-state index contributed by atoms with van der Waals surface area (Å²) in [5.41, 5.74) is 2.57. The summed E-state index contributed by atoms with van der Waals surface area (Å²) in [5, 5.41) is 3.05. The monoisotopic (exact) mass is 333 g/mol. The molecule has 0 aliphatic carbocycles. The maximum Gasteiger partial charge on any atom is 0.0514 e. The molecule has 1 nitrogen and oxygen atoms in total. The zero-order valence-corrected chi connectivity index (χ0v) is 13.6. The van der Waals surface area contributed by atoms with Gasteiger partial charge in [-0.15, -0.1) is 11.8 Å². The van der Waals surface area contributed by atoms with Gasteiger partial charge >= 0.3 is 0 Å². The molecule has 1 unspecified atom stereocenters. The molecule has 21 heavy (non-hydrogen) atoms. The van der Waals surface area contributed by atoms with Crippen LogP contribution in [0.5, 0.6) is 0 Å². The lowest BCUT2D eigenvalue weighted by Gasteiger charge is -2.11. The minimum absolute atomic E-state index is 0.566. The summed E-state index contributed by atoms with van der Waals surface area (Å²) in [6.07, 6.45) is 3.23. The second-order valence-corrected chi connectivity index (χ2v) is 7.53. The van der Waals surface area contributed by atoms with Crippen LogP contribution in [0.15, 0.2) is 53.6 Å². The number of aromatic nitrogens is 1. The predicted octanol–water partition coefficient (Wildman–Crippen LogP) is 5.67. The van der Waals surface area contributed by atoms with E-state index in [4.69, 9.17) is 23.2 Å². The number of thioether (sulfide) groups is 1. The van der Waals surface area contributed by atoms with Crippen molar-refractivity contribution in [3.8, 4) is 0 Å². The molecule has 4 heteroatoms. The average molecular weight is 334 g/mol. The van der Waals surface area contributed by atoms with E-state index in [-0.39, 0.29) is 0 Å². The number of hydrogen-bond donors (Lipinski definition) is 0. The molecule has 2 heterocycles. The molecule has 1 atom stereocenters. The Kier molecular flexibility index (Phi) is 3.41. The molecule has 0 amide bonds. The van der Waals surface area contributed by atoms with Gasteiger partial charge in [0.15, 0.2) is 0 Å². The third kappa shape index (κ3) is 2.46. The van der Waals surface area contributed by atoms with E-state index < -0.39 is 0 Å². The first-order valence-electron chi connectivity index (χ1n) is 6.89. The second kappa shape index (κ2) is 5.28. The van der Waals surface area contributed by atoms with E-state index in [1.807, 2.05) is 17.8 Å². The van der Waals surface area contributed by atoms with Gasteiger partial charge < -0.3 is 4.57 Å². The summed E-state index contributed by atoms with van der Waals surface area (Å²) in [6, 6.07) is 14.5. The Labute approximate surface area is 137 Å². The third-order valence-corrected chi connectivity index (χ3v) is 5.75. The molecule has 0 saturated carbocycles. The molecule has 0 N–H and O–H groups in total. The van der Waals surface area contributed by atoms with E-state index in [9.17, 15) is 0 Å². The molecule has 1 aliphatic rings. The lowest BCUT2D eigenvalue weighted by atomic mass is 10.1. The first-order chi connectivity index (χ1) is 10.2. The van der Waals surface area contributed by atoms with Gasteiger partial charge in [0.25, 0.3) is 0 Å². The number of nitrogens with zero attached hydrogens (tertiary/aromatic N) is 1. The van der Waals surface area contributed by atoms with Crippen molar-refractivity contribution in [3.63, 3.8) is 0 Å². The van der Waals surface area contributed by atoms with Crippen LogP contribution in [0.2, 0.25) is 10.0 Å². The van der Waals surface area contributed by atoms with Crippen LogP contribution in [0.1, 0.15) is 5.56 Å². The van der Waals surface area contributed by atoms with E-state index >= 15 is 0 Å².